The van der Waals surface area contributed by atoms with Gasteiger partial charge in [-0.15, -0.1) is 5.10 Å². The number of hydrogen-bond donors (Lipinski definition) is 1. The third-order valence-electron chi connectivity index (χ3n) is 4.23. The van der Waals surface area contributed by atoms with E-state index in [1.165, 1.54) is 11.8 Å². The van der Waals surface area contributed by atoms with Gasteiger partial charge in [-0.05, 0) is 60.4 Å². The minimum absolute atomic E-state index is 0.131. The summed E-state index contributed by atoms with van der Waals surface area (Å²) < 4.78 is 5.63. The van der Waals surface area contributed by atoms with Gasteiger partial charge in [-0.25, -0.2) is 0 Å². The molecule has 1 aliphatic rings. The van der Waals surface area contributed by atoms with Gasteiger partial charge in [0.25, 0.3) is 0 Å². The van der Waals surface area contributed by atoms with E-state index in [9.17, 15) is 4.79 Å². The molecule has 1 heterocycles. The number of ether oxygens (including phenoxy) is 1. The fourth-order valence-corrected chi connectivity index (χ4v) is 4.12. The molecular formula is C21H21Cl2N3O2S. The van der Waals surface area contributed by atoms with Gasteiger partial charge in [0.05, 0.1) is 18.1 Å². The topological polar surface area (TPSA) is 63.1 Å². The van der Waals surface area contributed by atoms with Crippen LogP contribution in [0.25, 0.3) is 0 Å². The monoisotopic (exact) mass is 449 g/mol. The first-order valence-corrected chi connectivity index (χ1v) is 10.9. The maximum absolute atomic E-state index is 12.2. The van der Waals surface area contributed by atoms with Crippen LogP contribution in [-0.2, 0) is 11.2 Å². The van der Waals surface area contributed by atoms with Crippen LogP contribution in [0.3, 0.4) is 0 Å². The molecule has 2 aromatic rings. The lowest BCUT2D eigenvalue weighted by Crippen LogP contribution is -2.26. The molecule has 8 heteroatoms. The summed E-state index contributed by atoms with van der Waals surface area (Å²) in [6.07, 6.45) is 4.20. The number of amidine groups is 1. The Bertz CT molecular complexity index is 896. The van der Waals surface area contributed by atoms with Gasteiger partial charge in [-0.2, -0.15) is 5.10 Å². The summed E-state index contributed by atoms with van der Waals surface area (Å²) in [4.78, 5) is 12.2. The van der Waals surface area contributed by atoms with Crippen LogP contribution in [-0.4, -0.2) is 29.1 Å². The molecule has 1 N–H and O–H groups in total. The molecule has 1 aliphatic heterocycles. The van der Waals surface area contributed by atoms with E-state index < -0.39 is 0 Å². The van der Waals surface area contributed by atoms with E-state index in [4.69, 9.17) is 27.9 Å². The zero-order chi connectivity index (χ0) is 20.6. The Balaban J connectivity index is 1.57. The van der Waals surface area contributed by atoms with Crippen molar-refractivity contribution < 1.29 is 9.53 Å². The van der Waals surface area contributed by atoms with Crippen LogP contribution in [0.2, 0.25) is 10.0 Å². The van der Waals surface area contributed by atoms with Gasteiger partial charge in [0.15, 0.2) is 5.17 Å². The van der Waals surface area contributed by atoms with Crippen molar-refractivity contribution in [2.45, 2.75) is 31.4 Å². The maximum atomic E-state index is 12.2. The third kappa shape index (κ3) is 6.23. The summed E-state index contributed by atoms with van der Waals surface area (Å²) in [7, 11) is 0. The lowest BCUT2D eigenvalue weighted by molar-refractivity contribution is -0.118. The Hall–Kier alpha value is -2.02. The Morgan fingerprint density at radius 1 is 1.17 bits per heavy atom. The number of thioether (sulfide) groups is 1. The van der Waals surface area contributed by atoms with Crippen LogP contribution >= 0.6 is 35.0 Å². The molecule has 0 aromatic heterocycles. The molecule has 2 aromatic carbocycles. The highest BCUT2D eigenvalue weighted by Gasteiger charge is 2.31. The average molecular weight is 450 g/mol. The minimum atomic E-state index is -0.346. The number of amides is 1. The predicted molar refractivity (Wildman–Crippen MR) is 122 cm³/mol. The van der Waals surface area contributed by atoms with Gasteiger partial charge >= 0.3 is 0 Å². The number of nitrogens with zero attached hydrogens (tertiary/aromatic N) is 2. The second-order valence-corrected chi connectivity index (χ2v) is 8.43. The second kappa shape index (κ2) is 10.7. The van der Waals surface area contributed by atoms with Crippen molar-refractivity contribution in [3.05, 3.63) is 63.6 Å². The van der Waals surface area contributed by atoms with E-state index in [0.29, 0.717) is 21.6 Å². The molecule has 1 saturated heterocycles. The lowest BCUT2D eigenvalue weighted by Gasteiger charge is -2.09. The molecule has 1 unspecified atom stereocenters. The fraction of sp³-hybridized carbons (Fsp3) is 0.286. The molecule has 1 atom stereocenters. The molecule has 3 rings (SSSR count). The molecule has 29 heavy (non-hydrogen) atoms. The first-order chi connectivity index (χ1) is 14.1. The van der Waals surface area contributed by atoms with Gasteiger partial charge in [-0.1, -0.05) is 54.4 Å². The highest BCUT2D eigenvalue weighted by atomic mass is 35.5. The Morgan fingerprint density at radius 2 is 1.90 bits per heavy atom. The number of carbonyl (C=O) groups is 1. The van der Waals surface area contributed by atoms with Crippen LogP contribution in [0.4, 0.5) is 0 Å². The van der Waals surface area contributed by atoms with E-state index in [-0.39, 0.29) is 11.2 Å². The Kier molecular flexibility index (Phi) is 7.98. The van der Waals surface area contributed by atoms with E-state index in [1.807, 2.05) is 24.3 Å². The van der Waals surface area contributed by atoms with Crippen LogP contribution in [0.5, 0.6) is 5.75 Å². The van der Waals surface area contributed by atoms with Crippen LogP contribution < -0.4 is 10.1 Å². The molecule has 1 amide bonds. The smallest absolute Gasteiger partial charge is 0.239 e. The van der Waals surface area contributed by atoms with Crippen LogP contribution in [0.15, 0.2) is 52.7 Å². The van der Waals surface area contributed by atoms with Crippen molar-refractivity contribution in [1.82, 2.24) is 5.32 Å². The maximum Gasteiger partial charge on any atom is 0.239 e. The van der Waals surface area contributed by atoms with Gasteiger partial charge in [0.1, 0.15) is 5.75 Å². The van der Waals surface area contributed by atoms with Crippen LogP contribution in [0.1, 0.15) is 30.9 Å². The van der Waals surface area contributed by atoms with E-state index in [1.54, 1.807) is 24.4 Å². The molecule has 1 fully saturated rings. The second-order valence-electron chi connectivity index (χ2n) is 6.42. The molecule has 0 bridgehead atoms. The highest BCUT2D eigenvalue weighted by Crippen LogP contribution is 2.30. The largest absolute Gasteiger partial charge is 0.494 e. The molecule has 152 valence electrons. The van der Waals surface area contributed by atoms with E-state index >= 15 is 0 Å². The molecule has 0 spiro atoms. The first kappa shape index (κ1) is 21.7. The molecule has 5 nitrogen and oxygen atoms in total. The molecular weight excluding hydrogens is 429 g/mol. The Morgan fingerprint density at radius 3 is 2.59 bits per heavy atom. The zero-order valence-corrected chi connectivity index (χ0v) is 18.2. The Labute approximate surface area is 184 Å². The number of unbranched alkanes of at least 4 members (excludes halogenated alkanes) is 1. The molecule has 0 saturated carbocycles. The van der Waals surface area contributed by atoms with Crippen molar-refractivity contribution in [2.75, 3.05) is 6.61 Å². The van der Waals surface area contributed by atoms with Gasteiger partial charge < -0.3 is 10.1 Å². The SMILES string of the molecule is CCCCOc1ccc(C=NN=C2NC(=O)C(Cc3c(Cl)cccc3Cl)S2)cc1. The number of hydrogen-bond acceptors (Lipinski definition) is 5. The van der Waals surface area contributed by atoms with Crippen molar-refractivity contribution in [3.8, 4) is 5.75 Å². The van der Waals surface area contributed by atoms with Crippen molar-refractivity contribution in [3.63, 3.8) is 0 Å². The highest BCUT2D eigenvalue weighted by molar-refractivity contribution is 8.15. The zero-order valence-electron chi connectivity index (χ0n) is 15.9. The summed E-state index contributed by atoms with van der Waals surface area (Å²) in [6, 6.07) is 12.9. The molecule has 0 radical (unpaired) electrons. The number of benzene rings is 2. The molecule has 0 aliphatic carbocycles. The minimum Gasteiger partial charge on any atom is -0.494 e. The number of carbonyl (C=O) groups excluding carboxylic acids is 1. The number of rotatable bonds is 8. The standard InChI is InChI=1S/C21H21Cl2N3O2S/c1-2-3-11-28-15-9-7-14(8-10-15)13-24-26-21-25-20(27)19(29-21)12-16-17(22)5-4-6-18(16)23/h4-10,13,19H,2-3,11-12H2,1H3,(H,25,26,27). The number of nitrogens with one attached hydrogen (secondary N) is 1. The lowest BCUT2D eigenvalue weighted by atomic mass is 10.1. The van der Waals surface area contributed by atoms with Crippen LogP contribution in [0, 0.1) is 0 Å². The van der Waals surface area contributed by atoms with Crippen molar-refractivity contribution in [1.29, 1.82) is 0 Å². The van der Waals surface area contributed by atoms with E-state index in [2.05, 4.69) is 22.4 Å². The fourth-order valence-electron chi connectivity index (χ4n) is 2.63. The normalized spacial score (nSPS) is 17.8. The van der Waals surface area contributed by atoms with Gasteiger partial charge in [0.2, 0.25) is 5.91 Å². The van der Waals surface area contributed by atoms with Gasteiger partial charge in [-0.3, -0.25) is 4.79 Å². The third-order valence-corrected chi connectivity index (χ3v) is 6.01. The van der Waals surface area contributed by atoms with Gasteiger partial charge in [0, 0.05) is 10.0 Å². The predicted octanol–water partition coefficient (Wildman–Crippen LogP) is 5.34. The first-order valence-electron chi connectivity index (χ1n) is 9.31. The summed E-state index contributed by atoms with van der Waals surface area (Å²) in [5, 5.41) is 12.1. The summed E-state index contributed by atoms with van der Waals surface area (Å²) in [6.45, 7) is 2.85. The quantitative estimate of drug-likeness (QED) is 0.336. The summed E-state index contributed by atoms with van der Waals surface area (Å²) >= 11 is 13.7. The van der Waals surface area contributed by atoms with Crippen molar-refractivity contribution in [2.24, 2.45) is 10.2 Å². The number of halogens is 2. The van der Waals surface area contributed by atoms with Crippen molar-refractivity contribution >= 4 is 52.3 Å². The average Bonchev–Trinajstić information content (AvgIpc) is 3.05. The summed E-state index contributed by atoms with van der Waals surface area (Å²) in [5.74, 6) is 0.704. The summed E-state index contributed by atoms with van der Waals surface area (Å²) in [5.41, 5.74) is 1.65. The van der Waals surface area contributed by atoms with E-state index in [0.717, 1.165) is 36.3 Å².